The SMILES string of the molecule is CCCCCNC(=O)c1cccc(S(=O)(=O)NCc2ccc(OC)cc2)c1. The Bertz CT molecular complexity index is 849. The third-order valence-corrected chi connectivity index (χ3v) is 5.50. The van der Waals surface area contributed by atoms with Gasteiger partial charge in [0.1, 0.15) is 5.75 Å². The predicted octanol–water partition coefficient (Wildman–Crippen LogP) is 3.09. The van der Waals surface area contributed by atoms with Gasteiger partial charge in [0.15, 0.2) is 0 Å². The van der Waals surface area contributed by atoms with Crippen LogP contribution in [-0.4, -0.2) is 28.0 Å². The van der Waals surface area contributed by atoms with Gasteiger partial charge in [-0.25, -0.2) is 13.1 Å². The van der Waals surface area contributed by atoms with E-state index < -0.39 is 10.0 Å². The second-order valence-electron chi connectivity index (χ2n) is 6.16. The lowest BCUT2D eigenvalue weighted by Gasteiger charge is -2.09. The number of ether oxygens (including phenoxy) is 1. The molecule has 0 spiro atoms. The van der Waals surface area contributed by atoms with Crippen LogP contribution in [0.3, 0.4) is 0 Å². The highest BCUT2D eigenvalue weighted by Crippen LogP contribution is 2.14. The zero-order valence-electron chi connectivity index (χ0n) is 15.7. The second-order valence-corrected chi connectivity index (χ2v) is 7.93. The van der Waals surface area contributed by atoms with E-state index in [0.29, 0.717) is 17.9 Å². The number of sulfonamides is 1. The topological polar surface area (TPSA) is 84.5 Å². The van der Waals surface area contributed by atoms with E-state index in [4.69, 9.17) is 4.74 Å². The van der Waals surface area contributed by atoms with Gasteiger partial charge >= 0.3 is 0 Å². The lowest BCUT2D eigenvalue weighted by molar-refractivity contribution is 0.0952. The molecule has 0 unspecified atom stereocenters. The van der Waals surface area contributed by atoms with Gasteiger partial charge in [-0.15, -0.1) is 0 Å². The number of unbranched alkanes of at least 4 members (excludes halogenated alkanes) is 2. The Labute approximate surface area is 161 Å². The lowest BCUT2D eigenvalue weighted by Crippen LogP contribution is -2.26. The number of methoxy groups -OCH3 is 1. The molecule has 2 N–H and O–H groups in total. The largest absolute Gasteiger partial charge is 0.497 e. The van der Waals surface area contributed by atoms with Crippen molar-refractivity contribution in [1.82, 2.24) is 10.0 Å². The van der Waals surface area contributed by atoms with Gasteiger partial charge in [0, 0.05) is 18.7 Å². The maximum absolute atomic E-state index is 12.5. The number of carbonyl (C=O) groups excluding carboxylic acids is 1. The molecule has 6 nitrogen and oxygen atoms in total. The van der Waals surface area contributed by atoms with Crippen molar-refractivity contribution >= 4 is 15.9 Å². The summed E-state index contributed by atoms with van der Waals surface area (Å²) in [4.78, 5) is 12.3. The van der Waals surface area contributed by atoms with E-state index in [2.05, 4.69) is 17.0 Å². The molecular formula is C20H26N2O4S. The van der Waals surface area contributed by atoms with Crippen LogP contribution in [0.15, 0.2) is 53.4 Å². The van der Waals surface area contributed by atoms with Crippen molar-refractivity contribution in [3.05, 3.63) is 59.7 Å². The highest BCUT2D eigenvalue weighted by Gasteiger charge is 2.16. The third-order valence-electron chi connectivity index (χ3n) is 4.10. The molecule has 0 fully saturated rings. The first-order valence-corrected chi connectivity index (χ1v) is 10.5. The quantitative estimate of drug-likeness (QED) is 0.611. The van der Waals surface area contributed by atoms with Crippen LogP contribution in [0.4, 0.5) is 0 Å². The monoisotopic (exact) mass is 390 g/mol. The van der Waals surface area contributed by atoms with Crippen LogP contribution < -0.4 is 14.8 Å². The van der Waals surface area contributed by atoms with Gasteiger partial charge in [-0.05, 0) is 42.3 Å². The molecule has 7 heteroatoms. The van der Waals surface area contributed by atoms with Crippen molar-refractivity contribution in [3.8, 4) is 5.75 Å². The first-order chi connectivity index (χ1) is 13.0. The minimum absolute atomic E-state index is 0.0669. The van der Waals surface area contributed by atoms with Gasteiger partial charge in [-0.1, -0.05) is 38.0 Å². The van der Waals surface area contributed by atoms with Gasteiger partial charge in [0.2, 0.25) is 10.0 Å². The van der Waals surface area contributed by atoms with E-state index >= 15 is 0 Å². The molecular weight excluding hydrogens is 364 g/mol. The van der Waals surface area contributed by atoms with Gasteiger partial charge < -0.3 is 10.1 Å². The van der Waals surface area contributed by atoms with Gasteiger partial charge in [-0.3, -0.25) is 4.79 Å². The lowest BCUT2D eigenvalue weighted by atomic mass is 10.2. The molecule has 0 radical (unpaired) electrons. The number of hydrogen-bond donors (Lipinski definition) is 2. The summed E-state index contributed by atoms with van der Waals surface area (Å²) in [6.07, 6.45) is 3.02. The second kappa shape index (κ2) is 10.1. The summed E-state index contributed by atoms with van der Waals surface area (Å²) in [5.41, 5.74) is 1.14. The smallest absolute Gasteiger partial charge is 0.251 e. The van der Waals surface area contributed by atoms with Crippen molar-refractivity contribution in [2.75, 3.05) is 13.7 Å². The number of carbonyl (C=O) groups is 1. The molecule has 2 aromatic carbocycles. The first-order valence-electron chi connectivity index (χ1n) is 8.97. The predicted molar refractivity (Wildman–Crippen MR) is 105 cm³/mol. The minimum Gasteiger partial charge on any atom is -0.497 e. The van der Waals surface area contributed by atoms with E-state index in [9.17, 15) is 13.2 Å². The molecule has 0 aliphatic carbocycles. The number of amides is 1. The Balaban J connectivity index is 2.01. The van der Waals surface area contributed by atoms with Gasteiger partial charge in [0.05, 0.1) is 12.0 Å². The Morgan fingerprint density at radius 2 is 1.81 bits per heavy atom. The zero-order chi connectivity index (χ0) is 19.7. The standard InChI is InChI=1S/C20H26N2O4S/c1-3-4-5-13-21-20(23)17-7-6-8-19(14-17)27(24,25)22-15-16-9-11-18(26-2)12-10-16/h6-12,14,22H,3-5,13,15H2,1-2H3,(H,21,23). The number of rotatable bonds is 10. The molecule has 2 rings (SSSR count). The van der Waals surface area contributed by atoms with Crippen molar-refractivity contribution in [3.63, 3.8) is 0 Å². The summed E-state index contributed by atoms with van der Waals surface area (Å²) in [6, 6.07) is 13.2. The van der Waals surface area contributed by atoms with E-state index in [1.54, 1.807) is 43.5 Å². The molecule has 0 aliphatic rings. The van der Waals surface area contributed by atoms with E-state index in [0.717, 1.165) is 24.8 Å². The first kappa shape index (κ1) is 20.9. The Morgan fingerprint density at radius 3 is 2.48 bits per heavy atom. The average molecular weight is 391 g/mol. The van der Waals surface area contributed by atoms with Crippen LogP contribution in [0.25, 0.3) is 0 Å². The summed E-state index contributed by atoms with van der Waals surface area (Å²) in [5.74, 6) is 0.442. The molecule has 0 aliphatic heterocycles. The van der Waals surface area contributed by atoms with Crippen LogP contribution in [0.1, 0.15) is 42.1 Å². The third kappa shape index (κ3) is 6.37. The van der Waals surface area contributed by atoms with Crippen molar-refractivity contribution in [1.29, 1.82) is 0 Å². The molecule has 0 atom stereocenters. The summed E-state index contributed by atoms with van der Waals surface area (Å²) in [7, 11) is -2.15. The molecule has 146 valence electrons. The van der Waals surface area contributed by atoms with Crippen molar-refractivity contribution < 1.29 is 17.9 Å². The van der Waals surface area contributed by atoms with Gasteiger partial charge in [-0.2, -0.15) is 0 Å². The molecule has 0 saturated heterocycles. The fourth-order valence-electron chi connectivity index (χ4n) is 2.49. The van der Waals surface area contributed by atoms with Gasteiger partial charge in [0.25, 0.3) is 5.91 Å². The molecule has 0 aromatic heterocycles. The minimum atomic E-state index is -3.72. The number of nitrogens with one attached hydrogen (secondary N) is 2. The van der Waals surface area contributed by atoms with Crippen LogP contribution in [0.2, 0.25) is 0 Å². The highest BCUT2D eigenvalue weighted by atomic mass is 32.2. The maximum atomic E-state index is 12.5. The summed E-state index contributed by atoms with van der Waals surface area (Å²) in [5, 5.41) is 2.82. The summed E-state index contributed by atoms with van der Waals surface area (Å²) in [6.45, 7) is 2.83. The summed E-state index contributed by atoms with van der Waals surface area (Å²) < 4.78 is 32.7. The van der Waals surface area contributed by atoms with Crippen molar-refractivity contribution in [2.24, 2.45) is 0 Å². The molecule has 2 aromatic rings. The van der Waals surface area contributed by atoms with Crippen LogP contribution >= 0.6 is 0 Å². The van der Waals surface area contributed by atoms with Crippen LogP contribution in [0.5, 0.6) is 5.75 Å². The van der Waals surface area contributed by atoms with E-state index in [1.807, 2.05) is 0 Å². The average Bonchev–Trinajstić information content (AvgIpc) is 2.70. The van der Waals surface area contributed by atoms with E-state index in [-0.39, 0.29) is 17.3 Å². The molecule has 0 bridgehead atoms. The Hall–Kier alpha value is -2.38. The normalized spacial score (nSPS) is 11.2. The van der Waals surface area contributed by atoms with E-state index in [1.165, 1.54) is 12.1 Å². The fourth-order valence-corrected chi connectivity index (χ4v) is 3.55. The van der Waals surface area contributed by atoms with Crippen LogP contribution in [0, 0.1) is 0 Å². The Kier molecular flexibility index (Phi) is 7.82. The Morgan fingerprint density at radius 1 is 1.07 bits per heavy atom. The molecule has 0 saturated carbocycles. The molecule has 1 amide bonds. The maximum Gasteiger partial charge on any atom is 0.251 e. The zero-order valence-corrected chi connectivity index (χ0v) is 16.5. The molecule has 0 heterocycles. The molecule has 27 heavy (non-hydrogen) atoms. The van der Waals surface area contributed by atoms with Crippen LogP contribution in [-0.2, 0) is 16.6 Å². The number of hydrogen-bond acceptors (Lipinski definition) is 4. The summed E-state index contributed by atoms with van der Waals surface area (Å²) >= 11 is 0. The fraction of sp³-hybridized carbons (Fsp3) is 0.350. The number of benzene rings is 2. The highest BCUT2D eigenvalue weighted by molar-refractivity contribution is 7.89. The van der Waals surface area contributed by atoms with Crippen molar-refractivity contribution in [2.45, 2.75) is 37.6 Å².